The molecule has 1 N–H and O–H groups in total. The molecule has 1 heterocycles. The number of amides is 1. The van der Waals surface area contributed by atoms with Gasteiger partial charge in [-0.3, -0.25) is 4.79 Å². The maximum Gasteiger partial charge on any atom is 0.224 e. The van der Waals surface area contributed by atoms with Crippen molar-refractivity contribution in [2.75, 3.05) is 6.54 Å². The fourth-order valence-electron chi connectivity index (χ4n) is 2.71. The van der Waals surface area contributed by atoms with Crippen LogP contribution in [0.5, 0.6) is 0 Å². The van der Waals surface area contributed by atoms with Crippen LogP contribution in [0.25, 0.3) is 11.4 Å². The lowest BCUT2D eigenvalue weighted by atomic mass is 10.1. The normalized spacial score (nSPS) is 10.5. The Morgan fingerprint density at radius 1 is 1.04 bits per heavy atom. The van der Waals surface area contributed by atoms with Gasteiger partial charge in [0.15, 0.2) is 0 Å². The van der Waals surface area contributed by atoms with E-state index in [9.17, 15) is 4.79 Å². The molecule has 3 aromatic rings. The van der Waals surface area contributed by atoms with E-state index in [-0.39, 0.29) is 5.91 Å². The first-order chi connectivity index (χ1) is 11.7. The number of nitrogens with zero attached hydrogens (tertiary/aromatic N) is 2. The van der Waals surface area contributed by atoms with E-state index in [1.54, 1.807) is 0 Å². The van der Waals surface area contributed by atoms with Crippen molar-refractivity contribution in [1.82, 2.24) is 14.9 Å². The fraction of sp³-hybridized carbons (Fsp3) is 0.200. The van der Waals surface area contributed by atoms with Gasteiger partial charge in [0.25, 0.3) is 0 Å². The second-order valence-corrected chi connectivity index (χ2v) is 5.75. The minimum Gasteiger partial charge on any atom is -0.354 e. The first kappa shape index (κ1) is 16.0. The molecule has 0 unspecified atom stereocenters. The molecule has 1 aromatic heterocycles. The van der Waals surface area contributed by atoms with Crippen molar-refractivity contribution in [3.63, 3.8) is 0 Å². The van der Waals surface area contributed by atoms with Gasteiger partial charge in [0, 0.05) is 30.5 Å². The van der Waals surface area contributed by atoms with Gasteiger partial charge in [-0.2, -0.15) is 0 Å². The summed E-state index contributed by atoms with van der Waals surface area (Å²) in [6.07, 6.45) is 2.28. The second kappa shape index (κ2) is 7.59. The van der Waals surface area contributed by atoms with E-state index in [1.165, 1.54) is 0 Å². The van der Waals surface area contributed by atoms with Crippen molar-refractivity contribution in [2.45, 2.75) is 19.9 Å². The number of carbonyl (C=O) groups excluding carboxylic acids is 1. The Morgan fingerprint density at radius 2 is 1.71 bits per heavy atom. The third-order valence-electron chi connectivity index (χ3n) is 3.95. The number of benzene rings is 2. The molecule has 0 aliphatic heterocycles. The topological polar surface area (TPSA) is 46.9 Å². The van der Waals surface area contributed by atoms with E-state index in [1.807, 2.05) is 73.8 Å². The second-order valence-electron chi connectivity index (χ2n) is 5.75. The van der Waals surface area contributed by atoms with Gasteiger partial charge < -0.3 is 9.88 Å². The predicted octanol–water partition coefficient (Wildman–Crippen LogP) is 3.22. The Hall–Kier alpha value is -2.88. The van der Waals surface area contributed by atoms with Crippen molar-refractivity contribution in [2.24, 2.45) is 0 Å². The van der Waals surface area contributed by atoms with E-state index < -0.39 is 0 Å². The quantitative estimate of drug-likeness (QED) is 0.758. The number of rotatable bonds is 6. The summed E-state index contributed by atoms with van der Waals surface area (Å²) >= 11 is 0. The van der Waals surface area contributed by atoms with Crippen molar-refractivity contribution in [3.8, 4) is 11.4 Å². The van der Waals surface area contributed by atoms with Gasteiger partial charge >= 0.3 is 0 Å². The summed E-state index contributed by atoms with van der Waals surface area (Å²) in [5.41, 5.74) is 3.20. The molecule has 0 saturated carbocycles. The van der Waals surface area contributed by atoms with Crippen LogP contribution >= 0.6 is 0 Å². The number of aryl methyl sites for hydroxylation is 1. The zero-order chi connectivity index (χ0) is 16.8. The van der Waals surface area contributed by atoms with Gasteiger partial charge in [0.1, 0.15) is 5.82 Å². The highest BCUT2D eigenvalue weighted by Gasteiger charge is 2.09. The monoisotopic (exact) mass is 319 g/mol. The molecule has 24 heavy (non-hydrogen) atoms. The van der Waals surface area contributed by atoms with Gasteiger partial charge in [0.05, 0.1) is 6.42 Å². The Bertz CT molecular complexity index is 794. The minimum atomic E-state index is 0.0419. The highest BCUT2D eigenvalue weighted by Crippen LogP contribution is 2.18. The van der Waals surface area contributed by atoms with Crippen LogP contribution < -0.4 is 5.32 Å². The molecule has 0 aliphatic rings. The number of aromatic nitrogens is 2. The first-order valence-electron chi connectivity index (χ1n) is 8.12. The van der Waals surface area contributed by atoms with Crippen LogP contribution in [-0.2, 0) is 17.8 Å². The molecule has 122 valence electrons. The van der Waals surface area contributed by atoms with E-state index in [0.29, 0.717) is 19.5 Å². The first-order valence-corrected chi connectivity index (χ1v) is 8.12. The van der Waals surface area contributed by atoms with Gasteiger partial charge in [0.2, 0.25) is 5.91 Å². The maximum absolute atomic E-state index is 12.0. The molecule has 0 spiro atoms. The Kier molecular flexibility index (Phi) is 5.06. The predicted molar refractivity (Wildman–Crippen MR) is 95.6 cm³/mol. The zero-order valence-electron chi connectivity index (χ0n) is 13.8. The summed E-state index contributed by atoms with van der Waals surface area (Å²) in [7, 11) is 0. The summed E-state index contributed by atoms with van der Waals surface area (Å²) in [5, 5.41) is 2.99. The van der Waals surface area contributed by atoms with Crippen LogP contribution in [0, 0.1) is 6.92 Å². The van der Waals surface area contributed by atoms with Gasteiger partial charge in [-0.25, -0.2) is 4.98 Å². The molecule has 0 fully saturated rings. The molecule has 2 aromatic carbocycles. The van der Waals surface area contributed by atoms with Crippen LogP contribution in [0.15, 0.2) is 66.9 Å². The zero-order valence-corrected chi connectivity index (χ0v) is 13.8. The van der Waals surface area contributed by atoms with Crippen LogP contribution in [-0.4, -0.2) is 22.0 Å². The highest BCUT2D eigenvalue weighted by molar-refractivity contribution is 5.78. The SMILES string of the molecule is Cc1cnc(-c2ccccc2)n1CCNC(=O)Cc1ccccc1. The molecule has 0 aliphatic carbocycles. The maximum atomic E-state index is 12.0. The number of imidazole rings is 1. The average molecular weight is 319 g/mol. The largest absolute Gasteiger partial charge is 0.354 e. The molecule has 4 nitrogen and oxygen atoms in total. The third-order valence-corrected chi connectivity index (χ3v) is 3.95. The molecule has 0 atom stereocenters. The molecule has 0 radical (unpaired) electrons. The van der Waals surface area contributed by atoms with E-state index in [2.05, 4.69) is 14.9 Å². The Labute approximate surface area is 142 Å². The smallest absolute Gasteiger partial charge is 0.224 e. The minimum absolute atomic E-state index is 0.0419. The summed E-state index contributed by atoms with van der Waals surface area (Å²) in [5.74, 6) is 0.977. The lowest BCUT2D eigenvalue weighted by Crippen LogP contribution is -2.29. The van der Waals surface area contributed by atoms with Crippen molar-refractivity contribution in [1.29, 1.82) is 0 Å². The summed E-state index contributed by atoms with van der Waals surface area (Å²) < 4.78 is 2.14. The Morgan fingerprint density at radius 3 is 2.42 bits per heavy atom. The molecule has 4 heteroatoms. The number of hydrogen-bond acceptors (Lipinski definition) is 2. The van der Waals surface area contributed by atoms with E-state index >= 15 is 0 Å². The Balaban J connectivity index is 1.59. The van der Waals surface area contributed by atoms with Crippen molar-refractivity contribution >= 4 is 5.91 Å². The van der Waals surface area contributed by atoms with Crippen LogP contribution in [0.3, 0.4) is 0 Å². The number of hydrogen-bond donors (Lipinski definition) is 1. The lowest BCUT2D eigenvalue weighted by Gasteiger charge is -2.11. The summed E-state index contributed by atoms with van der Waals surface area (Å²) in [4.78, 5) is 16.5. The van der Waals surface area contributed by atoms with Gasteiger partial charge in [-0.1, -0.05) is 60.7 Å². The van der Waals surface area contributed by atoms with Crippen LogP contribution in [0.4, 0.5) is 0 Å². The lowest BCUT2D eigenvalue weighted by molar-refractivity contribution is -0.120. The third kappa shape index (κ3) is 3.90. The molecule has 1 amide bonds. The van der Waals surface area contributed by atoms with Gasteiger partial charge in [-0.05, 0) is 12.5 Å². The van der Waals surface area contributed by atoms with Crippen molar-refractivity contribution in [3.05, 3.63) is 78.1 Å². The standard InChI is InChI=1S/C20H21N3O/c1-16-15-22-20(18-10-6-3-7-11-18)23(16)13-12-21-19(24)14-17-8-4-2-5-9-17/h2-11,15H,12-14H2,1H3,(H,21,24). The number of carbonyl (C=O) groups is 1. The average Bonchev–Trinajstić information content (AvgIpc) is 2.97. The van der Waals surface area contributed by atoms with E-state index in [4.69, 9.17) is 0 Å². The van der Waals surface area contributed by atoms with E-state index in [0.717, 1.165) is 22.6 Å². The van der Waals surface area contributed by atoms with Crippen molar-refractivity contribution < 1.29 is 4.79 Å². The molecule has 3 rings (SSSR count). The number of nitrogens with one attached hydrogen (secondary N) is 1. The fourth-order valence-corrected chi connectivity index (χ4v) is 2.71. The molecule has 0 saturated heterocycles. The van der Waals surface area contributed by atoms with Gasteiger partial charge in [-0.15, -0.1) is 0 Å². The van der Waals surface area contributed by atoms with Crippen LogP contribution in [0.1, 0.15) is 11.3 Å². The summed E-state index contributed by atoms with van der Waals surface area (Å²) in [6, 6.07) is 19.9. The molecule has 0 bridgehead atoms. The molecular weight excluding hydrogens is 298 g/mol. The highest BCUT2D eigenvalue weighted by atomic mass is 16.1. The summed E-state index contributed by atoms with van der Waals surface area (Å²) in [6.45, 7) is 3.32. The van der Waals surface area contributed by atoms with Crippen LogP contribution in [0.2, 0.25) is 0 Å². The molecular formula is C20H21N3O.